The van der Waals surface area contributed by atoms with Crippen molar-refractivity contribution in [1.82, 2.24) is 9.97 Å². The Bertz CT molecular complexity index is 1350. The van der Waals surface area contributed by atoms with Crippen LogP contribution in [0.5, 0.6) is 0 Å². The molecule has 0 radical (unpaired) electrons. The minimum Gasteiger partial charge on any atom is -0.372 e. The highest BCUT2D eigenvalue weighted by Gasteiger charge is 2.15. The quantitative estimate of drug-likeness (QED) is 0.428. The molecule has 2 aromatic heterocycles. The molecule has 3 aromatic rings. The van der Waals surface area contributed by atoms with E-state index >= 15 is 0 Å². The third kappa shape index (κ3) is 5.40. The molecule has 1 amide bonds. The fourth-order valence-electron chi connectivity index (χ4n) is 4.62. The Morgan fingerprint density at radius 2 is 1.89 bits per heavy atom. The molecule has 1 aliphatic heterocycles. The maximum Gasteiger partial charge on any atom is 0.271 e. The van der Waals surface area contributed by atoms with Gasteiger partial charge in [-0.05, 0) is 80.1 Å². The minimum absolute atomic E-state index is 0.187. The first-order valence-corrected chi connectivity index (χ1v) is 12.6. The predicted octanol–water partition coefficient (Wildman–Crippen LogP) is 5.57. The molecular formula is C29H31N5O2. The summed E-state index contributed by atoms with van der Waals surface area (Å²) in [6, 6.07) is 14.9. The van der Waals surface area contributed by atoms with Crippen LogP contribution in [0.1, 0.15) is 43.0 Å². The number of carbonyl (C=O) groups is 1. The lowest BCUT2D eigenvalue weighted by molar-refractivity contribution is 0.102. The van der Waals surface area contributed by atoms with E-state index in [0.717, 1.165) is 36.7 Å². The molecular weight excluding hydrogens is 450 g/mol. The van der Waals surface area contributed by atoms with Crippen LogP contribution in [-0.2, 0) is 0 Å². The van der Waals surface area contributed by atoms with Crippen LogP contribution in [0, 0.1) is 5.92 Å². The van der Waals surface area contributed by atoms with Crippen molar-refractivity contribution in [3.63, 3.8) is 0 Å². The lowest BCUT2D eigenvalue weighted by Gasteiger charge is -2.28. The lowest BCUT2D eigenvalue weighted by atomic mass is 9.99. The number of carbonyl (C=O) groups excluding carboxylic acids is 1. The van der Waals surface area contributed by atoms with Gasteiger partial charge in [-0.2, -0.15) is 0 Å². The number of aromatic nitrogens is 2. The van der Waals surface area contributed by atoms with Gasteiger partial charge < -0.3 is 20.5 Å². The zero-order valence-corrected chi connectivity index (χ0v) is 20.5. The standard InChI is InChI=1S/C29H31N5O2/c1-20-8-3-4-9-24(20)31-27-11-7-10-25(32-27)22-18-26(29(36)30-19-22)33-28(35)21-12-14-23(15-13-21)34-16-5-2-6-17-34/h3-4,7,9-15,18-20H,2,5-6,8,16-17H2,1H3,(H,30,36)(H,31,32)(H,33,35). The van der Waals surface area contributed by atoms with E-state index in [1.807, 2.05) is 48.5 Å². The fraction of sp³-hybridized carbons (Fsp3) is 0.276. The molecule has 7 nitrogen and oxygen atoms in total. The summed E-state index contributed by atoms with van der Waals surface area (Å²) in [5.41, 5.74) is 3.97. The summed E-state index contributed by atoms with van der Waals surface area (Å²) in [4.78, 5) is 35.2. The number of hydrogen-bond donors (Lipinski definition) is 3. The van der Waals surface area contributed by atoms with E-state index < -0.39 is 0 Å². The van der Waals surface area contributed by atoms with E-state index in [4.69, 9.17) is 4.98 Å². The number of hydrogen-bond acceptors (Lipinski definition) is 5. The second-order valence-corrected chi connectivity index (χ2v) is 9.40. The normalized spacial score (nSPS) is 17.4. The average Bonchev–Trinajstić information content (AvgIpc) is 2.92. The van der Waals surface area contributed by atoms with E-state index in [1.54, 1.807) is 12.3 Å². The summed E-state index contributed by atoms with van der Waals surface area (Å²) >= 11 is 0. The number of pyridine rings is 2. The average molecular weight is 482 g/mol. The van der Waals surface area contributed by atoms with Crippen LogP contribution < -0.4 is 21.1 Å². The summed E-state index contributed by atoms with van der Waals surface area (Å²) < 4.78 is 0. The molecule has 5 rings (SSSR count). The minimum atomic E-state index is -0.362. The van der Waals surface area contributed by atoms with Crippen molar-refractivity contribution in [1.29, 1.82) is 0 Å². The van der Waals surface area contributed by atoms with Gasteiger partial charge in [-0.25, -0.2) is 4.98 Å². The van der Waals surface area contributed by atoms with Gasteiger partial charge in [0, 0.05) is 41.8 Å². The van der Waals surface area contributed by atoms with E-state index in [1.165, 1.54) is 19.3 Å². The van der Waals surface area contributed by atoms with E-state index in [9.17, 15) is 9.59 Å². The third-order valence-electron chi connectivity index (χ3n) is 6.75. The molecule has 3 heterocycles. The van der Waals surface area contributed by atoms with Gasteiger partial charge in [0.05, 0.1) is 5.69 Å². The third-order valence-corrected chi connectivity index (χ3v) is 6.75. The van der Waals surface area contributed by atoms with Gasteiger partial charge in [-0.15, -0.1) is 0 Å². The number of nitrogens with zero attached hydrogens (tertiary/aromatic N) is 2. The Morgan fingerprint density at radius 1 is 1.08 bits per heavy atom. The summed E-state index contributed by atoms with van der Waals surface area (Å²) in [7, 11) is 0. The van der Waals surface area contributed by atoms with Crippen LogP contribution in [-0.4, -0.2) is 29.0 Å². The van der Waals surface area contributed by atoms with Crippen LogP contribution in [0.25, 0.3) is 11.3 Å². The first kappa shape index (κ1) is 23.6. The van der Waals surface area contributed by atoms with Crippen molar-refractivity contribution < 1.29 is 4.79 Å². The van der Waals surface area contributed by atoms with Crippen molar-refractivity contribution in [2.45, 2.75) is 32.6 Å². The highest BCUT2D eigenvalue weighted by atomic mass is 16.2. The van der Waals surface area contributed by atoms with Gasteiger partial charge in [0.1, 0.15) is 11.5 Å². The summed E-state index contributed by atoms with van der Waals surface area (Å²) in [5.74, 6) is 0.799. The molecule has 1 fully saturated rings. The van der Waals surface area contributed by atoms with Gasteiger partial charge in [-0.1, -0.05) is 25.1 Å². The second-order valence-electron chi connectivity index (χ2n) is 9.40. The van der Waals surface area contributed by atoms with Crippen LogP contribution >= 0.6 is 0 Å². The Morgan fingerprint density at radius 3 is 2.67 bits per heavy atom. The second kappa shape index (κ2) is 10.6. The number of rotatable bonds is 6. The van der Waals surface area contributed by atoms with Crippen molar-refractivity contribution >= 4 is 23.1 Å². The molecule has 7 heteroatoms. The SMILES string of the molecule is CC1CC=CC=C1Nc1cccc(-c2c[nH]c(=O)c(NC(=O)c3ccc(N4CCCCC4)cc3)c2)n1. The Hall–Kier alpha value is -4.13. The number of aromatic amines is 1. The zero-order chi connectivity index (χ0) is 24.9. The lowest BCUT2D eigenvalue weighted by Crippen LogP contribution is -2.29. The van der Waals surface area contributed by atoms with Crippen LogP contribution in [0.4, 0.5) is 17.2 Å². The number of piperidine rings is 1. The molecule has 1 saturated heterocycles. The predicted molar refractivity (Wildman–Crippen MR) is 145 cm³/mol. The smallest absolute Gasteiger partial charge is 0.271 e. The molecule has 184 valence electrons. The molecule has 0 spiro atoms. The van der Waals surface area contributed by atoms with Gasteiger partial charge in [0.15, 0.2) is 0 Å². The van der Waals surface area contributed by atoms with E-state index in [-0.39, 0.29) is 17.2 Å². The Balaban J connectivity index is 1.31. The summed E-state index contributed by atoms with van der Waals surface area (Å²) in [5, 5.41) is 6.17. The van der Waals surface area contributed by atoms with Gasteiger partial charge in [0.25, 0.3) is 11.5 Å². The van der Waals surface area contributed by atoms with Crippen LogP contribution in [0.3, 0.4) is 0 Å². The van der Waals surface area contributed by atoms with Crippen molar-refractivity contribution in [3.05, 3.63) is 94.6 Å². The summed E-state index contributed by atoms with van der Waals surface area (Å²) in [6.07, 6.45) is 12.5. The Kier molecular flexibility index (Phi) is 6.98. The Labute approximate surface area is 211 Å². The van der Waals surface area contributed by atoms with Crippen molar-refractivity contribution in [3.8, 4) is 11.3 Å². The van der Waals surface area contributed by atoms with Crippen molar-refractivity contribution in [2.24, 2.45) is 5.92 Å². The number of amides is 1. The van der Waals surface area contributed by atoms with Gasteiger partial charge >= 0.3 is 0 Å². The number of anilines is 3. The zero-order valence-electron chi connectivity index (χ0n) is 20.5. The molecule has 1 aromatic carbocycles. The van der Waals surface area contributed by atoms with Gasteiger partial charge in [0.2, 0.25) is 0 Å². The maximum atomic E-state index is 12.9. The highest BCUT2D eigenvalue weighted by Crippen LogP contribution is 2.25. The molecule has 1 aliphatic carbocycles. The number of nitrogens with one attached hydrogen (secondary N) is 3. The van der Waals surface area contributed by atoms with Gasteiger partial charge in [-0.3, -0.25) is 9.59 Å². The molecule has 0 saturated carbocycles. The monoisotopic (exact) mass is 481 g/mol. The number of benzene rings is 1. The molecule has 2 aliphatic rings. The summed E-state index contributed by atoms with van der Waals surface area (Å²) in [6.45, 7) is 4.27. The molecule has 1 atom stereocenters. The molecule has 36 heavy (non-hydrogen) atoms. The van der Waals surface area contributed by atoms with Crippen molar-refractivity contribution in [2.75, 3.05) is 28.6 Å². The first-order chi connectivity index (χ1) is 17.6. The largest absolute Gasteiger partial charge is 0.372 e. The molecule has 1 unspecified atom stereocenters. The topological polar surface area (TPSA) is 90.1 Å². The molecule has 0 bridgehead atoms. The van der Waals surface area contributed by atoms with E-state index in [0.29, 0.717) is 22.7 Å². The van der Waals surface area contributed by atoms with E-state index in [2.05, 4.69) is 39.6 Å². The fourth-order valence-corrected chi connectivity index (χ4v) is 4.62. The highest BCUT2D eigenvalue weighted by molar-refractivity contribution is 6.04. The first-order valence-electron chi connectivity index (χ1n) is 12.6. The molecule has 3 N–H and O–H groups in total. The maximum absolute atomic E-state index is 12.9. The number of allylic oxidation sites excluding steroid dienone is 4. The van der Waals surface area contributed by atoms with Crippen LogP contribution in [0.2, 0.25) is 0 Å². The van der Waals surface area contributed by atoms with Crippen LogP contribution in [0.15, 0.2) is 83.4 Å². The number of H-pyrrole nitrogens is 1.